The van der Waals surface area contributed by atoms with Crippen molar-refractivity contribution >= 4 is 16.6 Å². The van der Waals surface area contributed by atoms with Gasteiger partial charge < -0.3 is 10.1 Å². The number of carbonyl (C=O) groups is 1. The number of rotatable bonds is 9. The number of hydrogen-bond acceptors (Lipinski definition) is 6. The maximum atomic E-state index is 12.7. The second-order valence-corrected chi connectivity index (χ2v) is 23.1. The molecular formula is C45H76N2O4S. The van der Waals surface area contributed by atoms with Crippen molar-refractivity contribution in [3.63, 3.8) is 0 Å². The van der Waals surface area contributed by atoms with Crippen LogP contribution in [0.25, 0.3) is 0 Å². The van der Waals surface area contributed by atoms with Gasteiger partial charge in [0.1, 0.15) is 0 Å². The molecule has 1 aliphatic heterocycles. The Labute approximate surface area is 319 Å². The summed E-state index contributed by atoms with van der Waals surface area (Å²) in [6.45, 7) is 26.4. The minimum Gasteiger partial charge on any atom is -0.466 e. The van der Waals surface area contributed by atoms with Crippen LogP contribution < -0.4 is 5.32 Å². The zero-order valence-electron chi connectivity index (χ0n) is 34.2. The molecule has 7 aliphatic rings. The van der Waals surface area contributed by atoms with E-state index >= 15 is 0 Å². The maximum absolute atomic E-state index is 12.7. The fourth-order valence-electron chi connectivity index (χ4n) is 15.2. The summed E-state index contributed by atoms with van der Waals surface area (Å²) in [6, 6.07) is 0. The number of allylic oxidation sites excluding steroid dienone is 3. The summed E-state index contributed by atoms with van der Waals surface area (Å²) in [4.78, 5) is 15.1. The number of ether oxygens (including phenoxy) is 1. The summed E-state index contributed by atoms with van der Waals surface area (Å²) in [5.41, 5.74) is 4.47. The van der Waals surface area contributed by atoms with Crippen LogP contribution >= 0.6 is 10.6 Å². The Kier molecular flexibility index (Phi) is 10.8. The Morgan fingerprint density at radius 2 is 1.71 bits per heavy atom. The average molecular weight is 741 g/mol. The quantitative estimate of drug-likeness (QED) is 0.161. The van der Waals surface area contributed by atoms with Crippen molar-refractivity contribution in [2.75, 3.05) is 44.3 Å². The zero-order valence-corrected chi connectivity index (χ0v) is 35.1. The van der Waals surface area contributed by atoms with Gasteiger partial charge in [0.05, 0.1) is 24.0 Å². The van der Waals surface area contributed by atoms with Crippen molar-refractivity contribution in [2.45, 2.75) is 144 Å². The van der Waals surface area contributed by atoms with E-state index in [0.29, 0.717) is 58.0 Å². The van der Waals surface area contributed by atoms with Gasteiger partial charge in [-0.3, -0.25) is 18.8 Å². The summed E-state index contributed by atoms with van der Waals surface area (Å²) in [5, 5.41) is 4.27. The molecule has 5 saturated carbocycles. The number of hydrogen-bond donors (Lipinski definition) is 3. The van der Waals surface area contributed by atoms with Crippen LogP contribution in [0.15, 0.2) is 23.8 Å². The van der Waals surface area contributed by atoms with Crippen LogP contribution in [-0.2, 0) is 9.53 Å². The highest BCUT2D eigenvalue weighted by Gasteiger charge is 2.70. The van der Waals surface area contributed by atoms with Crippen molar-refractivity contribution < 1.29 is 18.6 Å². The molecular weight excluding hydrogens is 665 g/mol. The molecule has 0 aromatic heterocycles. The molecule has 0 amide bonds. The van der Waals surface area contributed by atoms with Crippen LogP contribution in [0.5, 0.6) is 0 Å². The van der Waals surface area contributed by atoms with Gasteiger partial charge in [-0.05, 0) is 148 Å². The SMILES string of the molecule is C=C(C)[C@@H]1CC[C@]2(NCCN3CCS(O)(O)CC3)CC[C@]3(C)[C@H](CC[C@@H]4[C@@]5(C)CC=C(CC6CCCC(C(=O)OCC)C6)C(C)(C)[C@@H]5CC[C@]43C)[C@@H]12. The standard InChI is InChI=1S/C45H76N2O4S/c1-9-51-40(48)33-12-10-11-32(29-33)30-34-15-18-42(6)37(41(34,4)5)17-19-44(8)38(42)14-13-36-39-35(31(2)3)16-20-45(39,22-21-43(36,44)7)46-23-24-47-25-27-52(49,50)28-26-47/h15,32-33,35-39,46,49-50H,2,9-14,16-30H2,1,3-8H3/t32?,33?,35-,36+,37-,38+,39+,42-,43+,44+,45-/m0/s1. The third-order valence-electron chi connectivity index (χ3n) is 18.1. The van der Waals surface area contributed by atoms with Crippen molar-refractivity contribution in [3.8, 4) is 0 Å². The molecule has 296 valence electrons. The third kappa shape index (κ3) is 6.52. The molecule has 0 bridgehead atoms. The molecule has 2 unspecified atom stereocenters. The molecule has 6 aliphatic carbocycles. The summed E-state index contributed by atoms with van der Waals surface area (Å²) < 4.78 is 25.8. The van der Waals surface area contributed by atoms with Crippen molar-refractivity contribution in [1.82, 2.24) is 10.2 Å². The highest BCUT2D eigenvalue weighted by molar-refractivity contribution is 8.24. The number of nitrogens with zero attached hydrogens (tertiary/aromatic N) is 1. The summed E-state index contributed by atoms with van der Waals surface area (Å²) in [6.07, 6.45) is 20.1. The predicted octanol–water partition coefficient (Wildman–Crippen LogP) is 10.3. The normalized spacial score (nSPS) is 46.1. The van der Waals surface area contributed by atoms with Gasteiger partial charge in [0, 0.05) is 31.7 Å². The van der Waals surface area contributed by atoms with E-state index in [4.69, 9.17) is 4.74 Å². The van der Waals surface area contributed by atoms with E-state index in [2.05, 4.69) is 64.4 Å². The van der Waals surface area contributed by atoms with Crippen molar-refractivity contribution in [2.24, 2.45) is 63.1 Å². The van der Waals surface area contributed by atoms with Crippen LogP contribution in [0.2, 0.25) is 0 Å². The van der Waals surface area contributed by atoms with Crippen molar-refractivity contribution in [1.29, 1.82) is 0 Å². The molecule has 6 nitrogen and oxygen atoms in total. The first kappa shape index (κ1) is 39.4. The molecule has 3 N–H and O–H groups in total. The second kappa shape index (κ2) is 14.3. The van der Waals surface area contributed by atoms with Gasteiger partial charge in [-0.15, -0.1) is 0 Å². The van der Waals surface area contributed by atoms with Gasteiger partial charge in [-0.1, -0.05) is 71.3 Å². The van der Waals surface area contributed by atoms with Crippen LogP contribution in [0.4, 0.5) is 0 Å². The van der Waals surface area contributed by atoms with Gasteiger partial charge in [0.15, 0.2) is 0 Å². The molecule has 1 heterocycles. The number of fused-ring (bicyclic) bond motifs is 7. The van der Waals surface area contributed by atoms with Gasteiger partial charge in [-0.2, -0.15) is 10.6 Å². The smallest absolute Gasteiger partial charge is 0.308 e. The molecule has 0 aromatic carbocycles. The van der Waals surface area contributed by atoms with Crippen molar-refractivity contribution in [3.05, 3.63) is 23.8 Å². The first-order valence-corrected chi connectivity index (χ1v) is 23.6. The lowest BCUT2D eigenvalue weighted by Crippen LogP contribution is -2.68. The van der Waals surface area contributed by atoms with Gasteiger partial charge >= 0.3 is 5.97 Å². The van der Waals surface area contributed by atoms with Crippen LogP contribution in [0, 0.1) is 63.1 Å². The minimum atomic E-state index is -2.35. The van der Waals surface area contributed by atoms with E-state index in [1.54, 1.807) is 5.57 Å². The Bertz CT molecular complexity index is 1380. The topological polar surface area (TPSA) is 82.0 Å². The monoisotopic (exact) mass is 741 g/mol. The van der Waals surface area contributed by atoms with E-state index < -0.39 is 10.6 Å². The minimum absolute atomic E-state index is 0.0382. The van der Waals surface area contributed by atoms with E-state index in [9.17, 15) is 13.9 Å². The molecule has 7 heteroatoms. The van der Waals surface area contributed by atoms with E-state index in [0.717, 1.165) is 57.3 Å². The maximum Gasteiger partial charge on any atom is 0.308 e. The van der Waals surface area contributed by atoms with Crippen LogP contribution in [0.1, 0.15) is 138 Å². The Balaban J connectivity index is 1.09. The third-order valence-corrected chi connectivity index (χ3v) is 19.8. The number of esters is 1. The lowest BCUT2D eigenvalue weighted by Gasteiger charge is -2.72. The van der Waals surface area contributed by atoms with E-state index in [1.807, 2.05) is 6.92 Å². The molecule has 52 heavy (non-hydrogen) atoms. The van der Waals surface area contributed by atoms with Crippen LogP contribution in [0.3, 0.4) is 0 Å². The molecule has 0 radical (unpaired) electrons. The van der Waals surface area contributed by atoms with Gasteiger partial charge in [0.2, 0.25) is 0 Å². The first-order valence-electron chi connectivity index (χ1n) is 21.7. The molecule has 6 fully saturated rings. The second-order valence-electron chi connectivity index (χ2n) is 20.7. The Morgan fingerprint density at radius 1 is 0.962 bits per heavy atom. The largest absolute Gasteiger partial charge is 0.466 e. The molecule has 11 atom stereocenters. The molecule has 0 aromatic rings. The number of nitrogens with one attached hydrogen (secondary N) is 1. The Hall–Kier alpha value is -0.860. The predicted molar refractivity (Wildman–Crippen MR) is 216 cm³/mol. The first-order chi connectivity index (χ1) is 24.5. The molecule has 7 rings (SSSR count). The lowest BCUT2D eigenvalue weighted by atomic mass is 9.33. The van der Waals surface area contributed by atoms with E-state index in [-0.39, 0.29) is 22.8 Å². The highest BCUT2D eigenvalue weighted by atomic mass is 32.3. The fourth-order valence-corrected chi connectivity index (χ4v) is 16.5. The van der Waals surface area contributed by atoms with Gasteiger partial charge in [-0.25, -0.2) is 0 Å². The highest BCUT2D eigenvalue weighted by Crippen LogP contribution is 2.76. The summed E-state index contributed by atoms with van der Waals surface area (Å²) in [5.74, 6) is 5.24. The summed E-state index contributed by atoms with van der Waals surface area (Å²) >= 11 is 0. The van der Waals surface area contributed by atoms with Gasteiger partial charge in [0.25, 0.3) is 0 Å². The fraction of sp³-hybridized carbons (Fsp3) is 0.889. The molecule has 0 spiro atoms. The zero-order chi connectivity index (χ0) is 37.3. The number of carbonyl (C=O) groups excluding carboxylic acids is 1. The van der Waals surface area contributed by atoms with Crippen LogP contribution in [-0.4, -0.2) is 69.8 Å². The summed E-state index contributed by atoms with van der Waals surface area (Å²) in [7, 11) is -2.35. The van der Waals surface area contributed by atoms with E-state index in [1.165, 1.54) is 76.2 Å². The average Bonchev–Trinajstić information content (AvgIpc) is 3.47. The lowest BCUT2D eigenvalue weighted by molar-refractivity contribution is -0.221. The Morgan fingerprint density at radius 3 is 2.42 bits per heavy atom. The molecule has 1 saturated heterocycles.